The van der Waals surface area contributed by atoms with Crippen molar-refractivity contribution in [2.24, 2.45) is 0 Å². The minimum Gasteiger partial charge on any atom is -0.399 e. The Kier molecular flexibility index (Phi) is 4.35. The van der Waals surface area contributed by atoms with Gasteiger partial charge >= 0.3 is 5.51 Å². The van der Waals surface area contributed by atoms with Crippen molar-refractivity contribution in [1.29, 1.82) is 0 Å². The number of alkyl halides is 3. The number of hydrogen-bond donors (Lipinski definition) is 2. The van der Waals surface area contributed by atoms with E-state index in [1.807, 2.05) is 13.0 Å². The fourth-order valence-electron chi connectivity index (χ4n) is 1.18. The first-order valence-electron chi connectivity index (χ1n) is 4.69. The van der Waals surface area contributed by atoms with E-state index in [4.69, 9.17) is 5.73 Å². The second-order valence-corrected chi connectivity index (χ2v) is 4.46. The summed E-state index contributed by atoms with van der Waals surface area (Å²) in [5, 5.41) is 2.93. The molecule has 0 bridgehead atoms. The maximum absolute atomic E-state index is 11.8. The highest BCUT2D eigenvalue weighted by Gasteiger charge is 2.27. The third-order valence-corrected chi connectivity index (χ3v) is 2.68. The number of nitrogens with two attached hydrogens (primary N) is 1. The Morgan fingerprint density at radius 2 is 2.06 bits per heavy atom. The maximum Gasteiger partial charge on any atom is 0.441 e. The third-order valence-electron chi connectivity index (χ3n) is 1.94. The number of hydrogen-bond acceptors (Lipinski definition) is 3. The lowest BCUT2D eigenvalue weighted by molar-refractivity contribution is -0.0327. The van der Waals surface area contributed by atoms with Gasteiger partial charge in [0.25, 0.3) is 0 Å². The molecule has 0 atom stereocenters. The van der Waals surface area contributed by atoms with Gasteiger partial charge in [-0.05, 0) is 36.4 Å². The van der Waals surface area contributed by atoms with Gasteiger partial charge in [-0.1, -0.05) is 6.07 Å². The van der Waals surface area contributed by atoms with E-state index < -0.39 is 5.51 Å². The van der Waals surface area contributed by atoms with E-state index in [1.54, 1.807) is 12.1 Å². The molecule has 0 fully saturated rings. The first kappa shape index (κ1) is 13.0. The molecule has 3 N–H and O–H groups in total. The molecule has 0 aliphatic rings. The minimum atomic E-state index is -4.16. The molecule has 0 unspecified atom stereocenters. The molecule has 2 nitrogen and oxygen atoms in total. The second-order valence-electron chi connectivity index (χ2n) is 3.30. The average molecular weight is 250 g/mol. The summed E-state index contributed by atoms with van der Waals surface area (Å²) < 4.78 is 35.5. The number of aryl methyl sites for hydroxylation is 1. The maximum atomic E-state index is 11.8. The molecule has 16 heavy (non-hydrogen) atoms. The Hall–Kier alpha value is -1.04. The largest absolute Gasteiger partial charge is 0.441 e. The van der Waals surface area contributed by atoms with E-state index >= 15 is 0 Å². The van der Waals surface area contributed by atoms with Gasteiger partial charge in [0.15, 0.2) is 0 Å². The summed E-state index contributed by atoms with van der Waals surface area (Å²) in [6.45, 7) is 2.13. The lowest BCUT2D eigenvalue weighted by atomic mass is 10.2. The van der Waals surface area contributed by atoms with Gasteiger partial charge in [-0.25, -0.2) is 0 Å². The van der Waals surface area contributed by atoms with Crippen molar-refractivity contribution in [2.75, 3.05) is 23.3 Å². The van der Waals surface area contributed by atoms with E-state index in [1.165, 1.54) is 0 Å². The number of rotatable bonds is 4. The topological polar surface area (TPSA) is 38.0 Å². The van der Waals surface area contributed by atoms with Gasteiger partial charge in [-0.2, -0.15) is 13.2 Å². The zero-order valence-corrected chi connectivity index (χ0v) is 9.58. The van der Waals surface area contributed by atoms with Crippen LogP contribution in [0.3, 0.4) is 0 Å². The van der Waals surface area contributed by atoms with Crippen LogP contribution in [-0.2, 0) is 0 Å². The van der Waals surface area contributed by atoms with Crippen molar-refractivity contribution in [3.05, 3.63) is 23.8 Å². The molecular formula is C10H13F3N2S. The number of anilines is 2. The number of nitrogens with one attached hydrogen (secondary N) is 1. The van der Waals surface area contributed by atoms with Crippen LogP contribution in [0, 0.1) is 6.92 Å². The molecule has 1 rings (SSSR count). The summed E-state index contributed by atoms with van der Waals surface area (Å²) in [5.41, 5.74) is 3.75. The van der Waals surface area contributed by atoms with E-state index in [9.17, 15) is 13.2 Å². The van der Waals surface area contributed by atoms with Crippen molar-refractivity contribution in [3.63, 3.8) is 0 Å². The van der Waals surface area contributed by atoms with Gasteiger partial charge in [0.05, 0.1) is 0 Å². The molecule has 0 aromatic heterocycles. The summed E-state index contributed by atoms with van der Waals surface area (Å²) in [7, 11) is 0. The molecule has 0 aliphatic heterocycles. The van der Waals surface area contributed by atoms with E-state index in [-0.39, 0.29) is 24.1 Å². The van der Waals surface area contributed by atoms with Gasteiger partial charge in [-0.3, -0.25) is 0 Å². The standard InChI is InChI=1S/C10H13F3N2S/c1-7-2-3-8(14)6-9(7)15-4-5-16-10(11,12)13/h2-3,6,15H,4-5,14H2,1H3. The molecule has 0 amide bonds. The van der Waals surface area contributed by atoms with Crippen LogP contribution in [-0.4, -0.2) is 17.8 Å². The van der Waals surface area contributed by atoms with E-state index in [0.29, 0.717) is 5.69 Å². The van der Waals surface area contributed by atoms with E-state index in [0.717, 1.165) is 11.3 Å². The first-order valence-corrected chi connectivity index (χ1v) is 5.68. The zero-order chi connectivity index (χ0) is 12.2. The summed E-state index contributed by atoms with van der Waals surface area (Å²) in [4.78, 5) is 0. The third kappa shape index (κ3) is 4.65. The predicted octanol–water partition coefficient (Wildman–Crippen LogP) is 3.24. The minimum absolute atomic E-state index is 0.0161. The Labute approximate surface area is 96.4 Å². The van der Waals surface area contributed by atoms with Crippen molar-refractivity contribution in [2.45, 2.75) is 12.4 Å². The lowest BCUT2D eigenvalue weighted by Crippen LogP contribution is -2.10. The van der Waals surface area contributed by atoms with Crippen LogP contribution in [0.25, 0.3) is 0 Å². The molecule has 6 heteroatoms. The summed E-state index contributed by atoms with van der Waals surface area (Å²) in [6, 6.07) is 5.30. The number of benzene rings is 1. The van der Waals surface area contributed by atoms with Crippen molar-refractivity contribution < 1.29 is 13.2 Å². The lowest BCUT2D eigenvalue weighted by Gasteiger charge is -2.10. The SMILES string of the molecule is Cc1ccc(N)cc1NCCSC(F)(F)F. The molecule has 0 aliphatic carbocycles. The fraction of sp³-hybridized carbons (Fsp3) is 0.400. The smallest absolute Gasteiger partial charge is 0.399 e. The van der Waals surface area contributed by atoms with E-state index in [2.05, 4.69) is 5.32 Å². The Morgan fingerprint density at radius 1 is 1.38 bits per heavy atom. The molecule has 1 aromatic carbocycles. The molecule has 90 valence electrons. The fourth-order valence-corrected chi connectivity index (χ4v) is 1.62. The number of nitrogen functional groups attached to an aromatic ring is 1. The summed E-state index contributed by atoms with van der Waals surface area (Å²) in [6.07, 6.45) is 0. The summed E-state index contributed by atoms with van der Waals surface area (Å²) >= 11 is -0.0309. The predicted molar refractivity (Wildman–Crippen MR) is 62.6 cm³/mol. The average Bonchev–Trinajstić information content (AvgIpc) is 2.16. The molecule has 0 saturated carbocycles. The van der Waals surface area contributed by atoms with Crippen molar-refractivity contribution >= 4 is 23.1 Å². The van der Waals surface area contributed by atoms with Crippen LogP contribution in [0.15, 0.2) is 18.2 Å². The molecule has 0 saturated heterocycles. The molecular weight excluding hydrogens is 237 g/mol. The Bertz CT molecular complexity index is 352. The highest BCUT2D eigenvalue weighted by atomic mass is 32.2. The van der Waals surface area contributed by atoms with Gasteiger partial charge < -0.3 is 11.1 Å². The van der Waals surface area contributed by atoms with Crippen molar-refractivity contribution in [3.8, 4) is 0 Å². The van der Waals surface area contributed by atoms with Gasteiger partial charge in [0.1, 0.15) is 0 Å². The van der Waals surface area contributed by atoms with Crippen LogP contribution < -0.4 is 11.1 Å². The van der Waals surface area contributed by atoms with Gasteiger partial charge in [0, 0.05) is 23.7 Å². The second kappa shape index (κ2) is 5.34. The van der Waals surface area contributed by atoms with Crippen LogP contribution >= 0.6 is 11.8 Å². The van der Waals surface area contributed by atoms with Crippen LogP contribution in [0.4, 0.5) is 24.5 Å². The molecule has 0 radical (unpaired) electrons. The first-order chi connectivity index (χ1) is 7.38. The molecule has 0 spiro atoms. The quantitative estimate of drug-likeness (QED) is 0.636. The van der Waals surface area contributed by atoms with Crippen LogP contribution in [0.1, 0.15) is 5.56 Å². The molecule has 0 heterocycles. The van der Waals surface area contributed by atoms with Crippen molar-refractivity contribution in [1.82, 2.24) is 0 Å². The highest BCUT2D eigenvalue weighted by Crippen LogP contribution is 2.29. The number of halogens is 3. The van der Waals surface area contributed by atoms with Gasteiger partial charge in [0.2, 0.25) is 0 Å². The van der Waals surface area contributed by atoms with Crippen LogP contribution in [0.5, 0.6) is 0 Å². The summed E-state index contributed by atoms with van der Waals surface area (Å²) in [5.74, 6) is -0.0161. The Balaban J connectivity index is 2.40. The number of thioether (sulfide) groups is 1. The van der Waals surface area contributed by atoms with Crippen LogP contribution in [0.2, 0.25) is 0 Å². The monoisotopic (exact) mass is 250 g/mol. The highest BCUT2D eigenvalue weighted by molar-refractivity contribution is 8.00. The van der Waals surface area contributed by atoms with Gasteiger partial charge in [-0.15, -0.1) is 0 Å². The normalized spacial score (nSPS) is 11.5. The zero-order valence-electron chi connectivity index (χ0n) is 8.77. The Morgan fingerprint density at radius 3 is 2.69 bits per heavy atom. The molecule has 1 aromatic rings.